The number of aldehydes is 1. The van der Waals surface area contributed by atoms with E-state index in [0.717, 1.165) is 5.56 Å². The molecule has 152 valence electrons. The molecule has 0 saturated carbocycles. The number of anilines is 1. The Hall–Kier alpha value is -3.80. The van der Waals surface area contributed by atoms with Gasteiger partial charge in [-0.05, 0) is 35.9 Å². The van der Waals surface area contributed by atoms with E-state index in [2.05, 4.69) is 0 Å². The molecule has 1 heterocycles. The van der Waals surface area contributed by atoms with Crippen molar-refractivity contribution in [2.75, 3.05) is 25.2 Å². The van der Waals surface area contributed by atoms with Gasteiger partial charge in [0.2, 0.25) is 0 Å². The van der Waals surface area contributed by atoms with Gasteiger partial charge in [-0.3, -0.25) is 14.5 Å². The zero-order valence-electron chi connectivity index (χ0n) is 16.5. The predicted molar refractivity (Wildman–Crippen MR) is 112 cm³/mol. The minimum Gasteiger partial charge on any atom is -0.497 e. The molecule has 6 nitrogen and oxygen atoms in total. The number of carbonyl (C=O) groups excluding carboxylic acids is 2. The number of fused-ring (bicyclic) bond motifs is 1. The molecule has 0 fully saturated rings. The molecule has 3 aromatic rings. The van der Waals surface area contributed by atoms with Gasteiger partial charge in [-0.15, -0.1) is 0 Å². The number of hydrogen-bond donors (Lipinski definition) is 0. The third-order valence-electron chi connectivity index (χ3n) is 4.98. The monoisotopic (exact) mass is 403 g/mol. The number of benzene rings is 3. The molecule has 0 aliphatic carbocycles. The highest BCUT2D eigenvalue weighted by molar-refractivity contribution is 5.97. The highest BCUT2D eigenvalue weighted by atomic mass is 16.5. The summed E-state index contributed by atoms with van der Waals surface area (Å²) >= 11 is 0. The van der Waals surface area contributed by atoms with Crippen LogP contribution in [-0.4, -0.2) is 32.5 Å². The third-order valence-corrected chi connectivity index (χ3v) is 4.98. The zero-order chi connectivity index (χ0) is 20.9. The summed E-state index contributed by atoms with van der Waals surface area (Å²) in [4.78, 5) is 26.4. The Morgan fingerprint density at radius 1 is 1.10 bits per heavy atom. The van der Waals surface area contributed by atoms with Crippen LogP contribution in [0.15, 0.2) is 72.8 Å². The number of rotatable bonds is 6. The maximum Gasteiger partial charge on any atom is 0.265 e. The Bertz CT molecular complexity index is 1050. The number of para-hydroxylation sites is 2. The summed E-state index contributed by atoms with van der Waals surface area (Å²) in [6.07, 6.45) is 0.680. The molecule has 4 rings (SSSR count). The maximum atomic E-state index is 13.3. The smallest absolute Gasteiger partial charge is 0.265 e. The van der Waals surface area contributed by atoms with E-state index in [4.69, 9.17) is 14.2 Å². The summed E-state index contributed by atoms with van der Waals surface area (Å²) in [5.74, 6) is 1.29. The Morgan fingerprint density at radius 2 is 1.87 bits per heavy atom. The fraction of sp³-hybridized carbons (Fsp3) is 0.167. The molecule has 0 N–H and O–H groups in total. The van der Waals surface area contributed by atoms with Gasteiger partial charge in [0.15, 0.2) is 12.9 Å². The van der Waals surface area contributed by atoms with Crippen LogP contribution in [0.25, 0.3) is 0 Å². The topological polar surface area (TPSA) is 65.1 Å². The van der Waals surface area contributed by atoms with E-state index in [1.807, 2.05) is 54.6 Å². The lowest BCUT2D eigenvalue weighted by Crippen LogP contribution is -2.43. The summed E-state index contributed by atoms with van der Waals surface area (Å²) in [6.45, 7) is 0.125. The zero-order valence-corrected chi connectivity index (χ0v) is 16.5. The van der Waals surface area contributed by atoms with Gasteiger partial charge >= 0.3 is 0 Å². The van der Waals surface area contributed by atoms with Crippen LogP contribution >= 0.6 is 0 Å². The van der Waals surface area contributed by atoms with E-state index in [0.29, 0.717) is 41.4 Å². The quantitative estimate of drug-likeness (QED) is 0.581. The molecule has 1 aliphatic heterocycles. The van der Waals surface area contributed by atoms with Gasteiger partial charge in [-0.2, -0.15) is 0 Å². The first-order valence-corrected chi connectivity index (χ1v) is 9.56. The predicted octanol–water partition coefficient (Wildman–Crippen LogP) is 4.05. The molecular weight excluding hydrogens is 382 g/mol. The van der Waals surface area contributed by atoms with Gasteiger partial charge in [-0.25, -0.2) is 0 Å². The lowest BCUT2D eigenvalue weighted by molar-refractivity contribution is -0.121. The van der Waals surface area contributed by atoms with Gasteiger partial charge in [-0.1, -0.05) is 42.5 Å². The van der Waals surface area contributed by atoms with Crippen LogP contribution in [0.2, 0.25) is 0 Å². The Labute approximate surface area is 174 Å². The van der Waals surface area contributed by atoms with Gasteiger partial charge in [0.25, 0.3) is 5.91 Å². The van der Waals surface area contributed by atoms with Crippen molar-refractivity contribution in [2.24, 2.45) is 0 Å². The van der Waals surface area contributed by atoms with Crippen molar-refractivity contribution in [1.82, 2.24) is 0 Å². The van der Waals surface area contributed by atoms with E-state index in [9.17, 15) is 9.59 Å². The number of ether oxygens (including phenoxy) is 3. The summed E-state index contributed by atoms with van der Waals surface area (Å²) < 4.78 is 16.8. The van der Waals surface area contributed by atoms with Crippen LogP contribution in [-0.2, 0) is 4.79 Å². The first kappa shape index (κ1) is 19.5. The van der Waals surface area contributed by atoms with Crippen LogP contribution < -0.4 is 19.1 Å². The highest BCUT2D eigenvalue weighted by Crippen LogP contribution is 2.39. The molecule has 3 aromatic carbocycles. The van der Waals surface area contributed by atoms with Crippen molar-refractivity contribution in [3.63, 3.8) is 0 Å². The number of hydrogen-bond acceptors (Lipinski definition) is 5. The largest absolute Gasteiger partial charge is 0.497 e. The highest BCUT2D eigenvalue weighted by Gasteiger charge is 2.33. The second-order valence-electron chi connectivity index (χ2n) is 6.78. The van der Waals surface area contributed by atoms with E-state index in [-0.39, 0.29) is 18.6 Å². The molecule has 0 saturated heterocycles. The van der Waals surface area contributed by atoms with E-state index >= 15 is 0 Å². The molecule has 1 atom stereocenters. The lowest BCUT2D eigenvalue weighted by Gasteiger charge is -2.37. The molecule has 30 heavy (non-hydrogen) atoms. The van der Waals surface area contributed by atoms with E-state index in [1.54, 1.807) is 23.1 Å². The fourth-order valence-electron chi connectivity index (χ4n) is 3.50. The van der Waals surface area contributed by atoms with Crippen molar-refractivity contribution < 1.29 is 23.8 Å². The molecule has 0 spiro atoms. The molecule has 0 aromatic heterocycles. The van der Waals surface area contributed by atoms with Gasteiger partial charge in [0, 0.05) is 0 Å². The summed E-state index contributed by atoms with van der Waals surface area (Å²) in [5, 5.41) is 0. The average Bonchev–Trinajstić information content (AvgIpc) is 2.82. The van der Waals surface area contributed by atoms with Crippen molar-refractivity contribution in [3.05, 3.63) is 83.9 Å². The number of amides is 1. The van der Waals surface area contributed by atoms with Gasteiger partial charge < -0.3 is 14.2 Å². The SMILES string of the molecule is COc1ccc(OCC(=O)N2c3ccccc3OCC2c2ccccc2)c(C=O)c1. The number of nitrogens with zero attached hydrogens (tertiary/aromatic N) is 1. The standard InChI is InChI=1S/C24H21NO5/c1-28-19-11-12-22(18(13-19)14-26)30-16-24(27)25-20-9-5-6-10-23(20)29-15-21(25)17-7-3-2-4-8-17/h2-14,21H,15-16H2,1H3. The number of carbonyl (C=O) groups is 2. The van der Waals surface area contributed by atoms with Crippen molar-refractivity contribution in [3.8, 4) is 17.2 Å². The molecular formula is C24H21NO5. The lowest BCUT2D eigenvalue weighted by atomic mass is 10.0. The first-order chi connectivity index (χ1) is 14.7. The minimum absolute atomic E-state index is 0.217. The fourth-order valence-corrected chi connectivity index (χ4v) is 3.50. The molecule has 6 heteroatoms. The molecule has 0 bridgehead atoms. The van der Waals surface area contributed by atoms with Crippen molar-refractivity contribution in [1.29, 1.82) is 0 Å². The van der Waals surface area contributed by atoms with Crippen LogP contribution in [0.4, 0.5) is 5.69 Å². The maximum absolute atomic E-state index is 13.3. The van der Waals surface area contributed by atoms with E-state index < -0.39 is 0 Å². The molecule has 1 aliphatic rings. The minimum atomic E-state index is -0.279. The normalized spacial score (nSPS) is 15.0. The summed E-state index contributed by atoms with van der Waals surface area (Å²) in [6, 6.07) is 21.8. The van der Waals surface area contributed by atoms with Crippen LogP contribution in [0.5, 0.6) is 17.2 Å². The second kappa shape index (κ2) is 8.69. The molecule has 0 radical (unpaired) electrons. The third kappa shape index (κ3) is 3.85. The van der Waals surface area contributed by atoms with E-state index in [1.165, 1.54) is 7.11 Å². The van der Waals surface area contributed by atoms with Crippen LogP contribution in [0, 0.1) is 0 Å². The van der Waals surface area contributed by atoms with Crippen molar-refractivity contribution in [2.45, 2.75) is 6.04 Å². The van der Waals surface area contributed by atoms with Crippen LogP contribution in [0.1, 0.15) is 22.0 Å². The Kier molecular flexibility index (Phi) is 5.66. The van der Waals surface area contributed by atoms with Crippen molar-refractivity contribution >= 4 is 17.9 Å². The molecule has 1 unspecified atom stereocenters. The average molecular weight is 403 g/mol. The van der Waals surface area contributed by atoms with Gasteiger partial charge in [0.05, 0.1) is 24.4 Å². The van der Waals surface area contributed by atoms with Crippen LogP contribution in [0.3, 0.4) is 0 Å². The summed E-state index contributed by atoms with van der Waals surface area (Å²) in [7, 11) is 1.52. The first-order valence-electron chi connectivity index (χ1n) is 9.56. The Balaban J connectivity index is 1.61. The Morgan fingerprint density at radius 3 is 2.63 bits per heavy atom. The summed E-state index contributed by atoms with van der Waals surface area (Å²) in [5.41, 5.74) is 1.99. The molecule has 1 amide bonds. The number of methoxy groups -OCH3 is 1. The van der Waals surface area contributed by atoms with Gasteiger partial charge in [0.1, 0.15) is 23.9 Å². The second-order valence-corrected chi connectivity index (χ2v) is 6.78.